The van der Waals surface area contributed by atoms with Crippen LogP contribution in [0.25, 0.3) is 0 Å². The van der Waals surface area contributed by atoms with Crippen LogP contribution in [0.2, 0.25) is 0 Å². The van der Waals surface area contributed by atoms with Gasteiger partial charge in [0, 0.05) is 31.6 Å². The monoisotopic (exact) mass is 396 g/mol. The van der Waals surface area contributed by atoms with Crippen LogP contribution in [-0.4, -0.2) is 49.8 Å². The summed E-state index contributed by atoms with van der Waals surface area (Å²) in [5.74, 6) is 1.48. The quantitative estimate of drug-likeness (QED) is 0.810. The van der Waals surface area contributed by atoms with E-state index in [1.807, 2.05) is 42.5 Å². The second kappa shape index (κ2) is 8.96. The molecule has 0 aliphatic carbocycles. The van der Waals surface area contributed by atoms with E-state index in [1.165, 1.54) is 0 Å². The molecule has 7 nitrogen and oxygen atoms in total. The van der Waals surface area contributed by atoms with Crippen LogP contribution < -0.4 is 14.8 Å². The third-order valence-electron chi connectivity index (χ3n) is 5.07. The lowest BCUT2D eigenvalue weighted by Gasteiger charge is -2.26. The number of amides is 2. The van der Waals surface area contributed by atoms with Crippen molar-refractivity contribution in [2.75, 3.05) is 33.1 Å². The molecule has 2 aromatic rings. The molecule has 2 amide bonds. The molecule has 29 heavy (non-hydrogen) atoms. The fourth-order valence-corrected chi connectivity index (χ4v) is 3.36. The van der Waals surface area contributed by atoms with Gasteiger partial charge in [0.25, 0.3) is 5.91 Å². The van der Waals surface area contributed by atoms with E-state index < -0.39 is 0 Å². The van der Waals surface area contributed by atoms with E-state index in [-0.39, 0.29) is 18.6 Å². The van der Waals surface area contributed by atoms with E-state index >= 15 is 0 Å². The molecule has 0 atom stereocenters. The first-order valence-corrected chi connectivity index (χ1v) is 9.80. The second-order valence-electron chi connectivity index (χ2n) is 7.07. The molecule has 1 N–H and O–H groups in total. The molecule has 0 radical (unpaired) electrons. The van der Waals surface area contributed by atoms with Crippen molar-refractivity contribution in [1.29, 1.82) is 0 Å². The van der Waals surface area contributed by atoms with Gasteiger partial charge in [0.15, 0.2) is 11.5 Å². The first kappa shape index (κ1) is 19.3. The highest BCUT2D eigenvalue weighted by molar-refractivity contribution is 5.94. The van der Waals surface area contributed by atoms with Gasteiger partial charge in [-0.25, -0.2) is 0 Å². The van der Waals surface area contributed by atoms with Gasteiger partial charge in [0.1, 0.15) is 0 Å². The summed E-state index contributed by atoms with van der Waals surface area (Å²) in [4.78, 5) is 26.4. The van der Waals surface area contributed by atoms with Gasteiger partial charge in [-0.15, -0.1) is 0 Å². The fraction of sp³-hybridized carbons (Fsp3) is 0.364. The number of hydrogen-bond donors (Lipinski definition) is 1. The van der Waals surface area contributed by atoms with Crippen LogP contribution in [0.5, 0.6) is 11.5 Å². The predicted molar refractivity (Wildman–Crippen MR) is 106 cm³/mol. The lowest BCUT2D eigenvalue weighted by atomic mass is 10.1. The Morgan fingerprint density at radius 2 is 1.66 bits per heavy atom. The number of nitrogens with one attached hydrogen (secondary N) is 1. The smallest absolute Gasteiger partial charge is 0.254 e. The van der Waals surface area contributed by atoms with E-state index in [0.29, 0.717) is 51.3 Å². The van der Waals surface area contributed by atoms with Gasteiger partial charge in [-0.3, -0.25) is 9.59 Å². The first-order chi connectivity index (χ1) is 14.2. The first-order valence-electron chi connectivity index (χ1n) is 9.80. The van der Waals surface area contributed by atoms with Crippen LogP contribution in [0.15, 0.2) is 42.5 Å². The molecule has 7 heteroatoms. The summed E-state index contributed by atoms with van der Waals surface area (Å²) in [6.45, 7) is 3.10. The molecule has 0 spiro atoms. The highest BCUT2D eigenvalue weighted by Crippen LogP contribution is 2.32. The number of rotatable bonds is 6. The Balaban J connectivity index is 1.23. The van der Waals surface area contributed by atoms with Gasteiger partial charge < -0.3 is 24.4 Å². The summed E-state index contributed by atoms with van der Waals surface area (Å²) in [6, 6.07) is 13.1. The summed E-state index contributed by atoms with van der Waals surface area (Å²) in [6.07, 6.45) is 1.03. The van der Waals surface area contributed by atoms with E-state index in [0.717, 1.165) is 22.6 Å². The molecule has 0 saturated carbocycles. The Hall–Kier alpha value is -3.06. The van der Waals surface area contributed by atoms with Gasteiger partial charge in [0.05, 0.1) is 13.2 Å². The van der Waals surface area contributed by atoms with E-state index in [1.54, 1.807) is 4.90 Å². The highest BCUT2D eigenvalue weighted by atomic mass is 16.7. The molecule has 1 fully saturated rings. The normalized spacial score (nSPS) is 15.2. The Bertz CT molecular complexity index is 875. The topological polar surface area (TPSA) is 77.1 Å². The van der Waals surface area contributed by atoms with Crippen molar-refractivity contribution in [3.63, 3.8) is 0 Å². The van der Waals surface area contributed by atoms with Crippen LogP contribution in [-0.2, 0) is 22.5 Å². The third-order valence-corrected chi connectivity index (χ3v) is 5.07. The van der Waals surface area contributed by atoms with E-state index in [9.17, 15) is 9.59 Å². The van der Waals surface area contributed by atoms with Gasteiger partial charge in [-0.05, 0) is 41.8 Å². The van der Waals surface area contributed by atoms with Gasteiger partial charge >= 0.3 is 0 Å². The summed E-state index contributed by atoms with van der Waals surface area (Å²) in [5.41, 5.74) is 2.65. The van der Waals surface area contributed by atoms with Gasteiger partial charge in [-0.2, -0.15) is 0 Å². The molecule has 2 aliphatic heterocycles. The zero-order valence-electron chi connectivity index (χ0n) is 16.2. The molecule has 2 aromatic carbocycles. The molecular formula is C22H24N2O5. The Labute approximate surface area is 169 Å². The number of benzene rings is 2. The fourth-order valence-electron chi connectivity index (χ4n) is 3.36. The van der Waals surface area contributed by atoms with Crippen LogP contribution in [0.3, 0.4) is 0 Å². The van der Waals surface area contributed by atoms with Crippen molar-refractivity contribution in [3.05, 3.63) is 59.2 Å². The summed E-state index contributed by atoms with van der Waals surface area (Å²) in [5, 5.41) is 2.93. The number of morpholine rings is 1. The molecule has 2 aliphatic rings. The minimum atomic E-state index is -0.0175. The largest absolute Gasteiger partial charge is 0.454 e. The van der Waals surface area contributed by atoms with Crippen LogP contribution >= 0.6 is 0 Å². The average molecular weight is 396 g/mol. The number of nitrogens with zero attached hydrogens (tertiary/aromatic N) is 1. The number of hydrogen-bond acceptors (Lipinski definition) is 5. The number of carbonyl (C=O) groups is 2. The number of aryl methyl sites for hydroxylation is 1. The maximum atomic E-state index is 12.5. The number of ether oxygens (including phenoxy) is 3. The standard InChI is InChI=1S/C22H24N2O5/c25-21(8-4-16-3-7-19-20(13-16)29-15-28-19)23-14-17-1-5-18(6-2-17)22(26)24-9-11-27-12-10-24/h1-3,5-7,13H,4,8-12,14-15H2,(H,23,25). The van der Waals surface area contributed by atoms with Gasteiger partial charge in [0.2, 0.25) is 12.7 Å². The predicted octanol–water partition coefficient (Wildman–Crippen LogP) is 2.14. The van der Waals surface area contributed by atoms with E-state index in [4.69, 9.17) is 14.2 Å². The second-order valence-corrected chi connectivity index (χ2v) is 7.07. The highest BCUT2D eigenvalue weighted by Gasteiger charge is 2.18. The molecular weight excluding hydrogens is 372 g/mol. The number of carbonyl (C=O) groups excluding carboxylic acids is 2. The lowest BCUT2D eigenvalue weighted by molar-refractivity contribution is -0.121. The summed E-state index contributed by atoms with van der Waals surface area (Å²) >= 11 is 0. The average Bonchev–Trinajstić information content (AvgIpc) is 3.24. The third kappa shape index (κ3) is 4.86. The summed E-state index contributed by atoms with van der Waals surface area (Å²) in [7, 11) is 0. The number of fused-ring (bicyclic) bond motifs is 1. The van der Waals surface area contributed by atoms with E-state index in [2.05, 4.69) is 5.32 Å². The molecule has 152 valence electrons. The molecule has 0 bridgehead atoms. The maximum absolute atomic E-state index is 12.5. The maximum Gasteiger partial charge on any atom is 0.254 e. The molecule has 2 heterocycles. The zero-order valence-corrected chi connectivity index (χ0v) is 16.2. The SMILES string of the molecule is O=C(CCc1ccc2c(c1)OCO2)NCc1ccc(C(=O)N2CCOCC2)cc1. The van der Waals surface area contributed by atoms with Crippen molar-refractivity contribution < 1.29 is 23.8 Å². The molecule has 0 unspecified atom stereocenters. The van der Waals surface area contributed by atoms with Crippen molar-refractivity contribution in [2.24, 2.45) is 0 Å². The Kier molecular flexibility index (Phi) is 5.95. The minimum absolute atomic E-state index is 0.0175. The molecule has 4 rings (SSSR count). The van der Waals surface area contributed by atoms with Crippen molar-refractivity contribution in [2.45, 2.75) is 19.4 Å². The Morgan fingerprint density at radius 1 is 0.931 bits per heavy atom. The lowest BCUT2D eigenvalue weighted by Crippen LogP contribution is -2.40. The van der Waals surface area contributed by atoms with Gasteiger partial charge in [-0.1, -0.05) is 18.2 Å². The minimum Gasteiger partial charge on any atom is -0.454 e. The molecule has 1 saturated heterocycles. The van der Waals surface area contributed by atoms with Crippen molar-refractivity contribution >= 4 is 11.8 Å². The van der Waals surface area contributed by atoms with Crippen molar-refractivity contribution in [3.8, 4) is 11.5 Å². The summed E-state index contributed by atoms with van der Waals surface area (Å²) < 4.78 is 15.9. The van der Waals surface area contributed by atoms with Crippen LogP contribution in [0.4, 0.5) is 0 Å². The Morgan fingerprint density at radius 3 is 2.45 bits per heavy atom. The van der Waals surface area contributed by atoms with Crippen molar-refractivity contribution in [1.82, 2.24) is 10.2 Å². The van der Waals surface area contributed by atoms with Crippen LogP contribution in [0.1, 0.15) is 27.9 Å². The molecule has 0 aromatic heterocycles. The zero-order chi connectivity index (χ0) is 20.1. The van der Waals surface area contributed by atoms with Crippen LogP contribution in [0, 0.1) is 0 Å².